The van der Waals surface area contributed by atoms with E-state index in [1.54, 1.807) is 0 Å². The number of aromatic nitrogens is 5. The zero-order valence-corrected chi connectivity index (χ0v) is 16.7. The number of rotatable bonds is 4. The summed E-state index contributed by atoms with van der Waals surface area (Å²) in [5.41, 5.74) is 3.61. The predicted molar refractivity (Wildman–Crippen MR) is 105 cm³/mol. The predicted octanol–water partition coefficient (Wildman–Crippen LogP) is 3.30. The Bertz CT molecular complexity index is 1020. The zero-order chi connectivity index (χ0) is 20.0. The molecule has 3 heterocycles. The quantitative estimate of drug-likeness (QED) is 0.677. The summed E-state index contributed by atoms with van der Waals surface area (Å²) in [6.07, 6.45) is 5.82. The summed E-state index contributed by atoms with van der Waals surface area (Å²) in [6, 6.07) is 6.23. The van der Waals surface area contributed by atoms with E-state index < -0.39 is 0 Å². The van der Waals surface area contributed by atoms with Gasteiger partial charge in [-0.15, -0.1) is 5.10 Å². The first kappa shape index (κ1) is 18.0. The number of hydrogen-bond donors (Lipinski definition) is 0. The van der Waals surface area contributed by atoms with Crippen LogP contribution in [0.3, 0.4) is 0 Å². The molecule has 0 N–H and O–H groups in total. The summed E-state index contributed by atoms with van der Waals surface area (Å²) in [7, 11) is 0. The molecule has 8 nitrogen and oxygen atoms in total. The summed E-state index contributed by atoms with van der Waals surface area (Å²) in [5.74, 6) is 1.75. The van der Waals surface area contributed by atoms with Crippen molar-refractivity contribution in [1.29, 1.82) is 0 Å². The van der Waals surface area contributed by atoms with Gasteiger partial charge in [0.15, 0.2) is 11.5 Å². The fraction of sp³-hybridized carbons (Fsp3) is 0.476. The highest BCUT2D eigenvalue weighted by Crippen LogP contribution is 2.38. The molecule has 1 amide bonds. The Labute approximate surface area is 168 Å². The van der Waals surface area contributed by atoms with Gasteiger partial charge in [0.05, 0.1) is 12.2 Å². The first-order chi connectivity index (χ1) is 14.1. The van der Waals surface area contributed by atoms with Crippen LogP contribution >= 0.6 is 0 Å². The van der Waals surface area contributed by atoms with E-state index in [1.165, 1.54) is 0 Å². The minimum atomic E-state index is 0.105. The molecule has 2 aliphatic rings. The largest absolute Gasteiger partial charge is 0.338 e. The second-order valence-electron chi connectivity index (χ2n) is 8.22. The minimum Gasteiger partial charge on any atom is -0.338 e. The number of carbonyl (C=O) groups is 1. The summed E-state index contributed by atoms with van der Waals surface area (Å²) < 4.78 is 7.21. The summed E-state index contributed by atoms with van der Waals surface area (Å²) in [4.78, 5) is 19.2. The highest BCUT2D eigenvalue weighted by molar-refractivity contribution is 5.94. The number of aryl methyl sites for hydroxylation is 2. The molecule has 2 aromatic heterocycles. The summed E-state index contributed by atoms with van der Waals surface area (Å²) in [5, 5.41) is 12.5. The monoisotopic (exact) mass is 392 g/mol. The fourth-order valence-corrected chi connectivity index (χ4v) is 4.01. The van der Waals surface area contributed by atoms with Gasteiger partial charge in [0.25, 0.3) is 11.8 Å². The Balaban J connectivity index is 1.23. The van der Waals surface area contributed by atoms with E-state index in [0.717, 1.165) is 48.2 Å². The molecule has 8 heteroatoms. The molecule has 1 aliphatic heterocycles. The molecular weight excluding hydrogens is 368 g/mol. The smallest absolute Gasteiger partial charge is 0.280 e. The van der Waals surface area contributed by atoms with E-state index in [9.17, 15) is 4.79 Å². The van der Waals surface area contributed by atoms with Gasteiger partial charge < -0.3 is 9.42 Å². The second kappa shape index (κ2) is 7.09. The Morgan fingerprint density at radius 3 is 2.48 bits per heavy atom. The second-order valence-corrected chi connectivity index (χ2v) is 8.22. The number of hydrogen-bond acceptors (Lipinski definition) is 6. The Morgan fingerprint density at radius 1 is 1.07 bits per heavy atom. The van der Waals surface area contributed by atoms with E-state index in [4.69, 9.17) is 4.52 Å². The summed E-state index contributed by atoms with van der Waals surface area (Å²) >= 11 is 0. The van der Waals surface area contributed by atoms with Crippen LogP contribution in [0.4, 0.5) is 0 Å². The van der Waals surface area contributed by atoms with Crippen molar-refractivity contribution in [1.82, 2.24) is 30.0 Å². The SMILES string of the molecule is Cc1cc(C)cc(C(=O)N2CCC(n3cc(-c4nc(C5CC5)no4)nn3)CC2)c1. The number of benzene rings is 1. The lowest BCUT2D eigenvalue weighted by atomic mass is 10.0. The molecule has 1 aliphatic carbocycles. The van der Waals surface area contributed by atoms with Crippen molar-refractivity contribution in [3.63, 3.8) is 0 Å². The first-order valence-corrected chi connectivity index (χ1v) is 10.2. The highest BCUT2D eigenvalue weighted by atomic mass is 16.5. The van der Waals surface area contributed by atoms with Crippen molar-refractivity contribution in [3.05, 3.63) is 46.9 Å². The van der Waals surface area contributed by atoms with E-state index in [1.807, 2.05) is 41.8 Å². The molecule has 1 saturated carbocycles. The van der Waals surface area contributed by atoms with Crippen molar-refractivity contribution < 1.29 is 9.32 Å². The van der Waals surface area contributed by atoms with Crippen LogP contribution in [0.5, 0.6) is 0 Å². The Kier molecular flexibility index (Phi) is 4.41. The topological polar surface area (TPSA) is 89.9 Å². The average molecular weight is 392 g/mol. The van der Waals surface area contributed by atoms with Crippen molar-refractivity contribution >= 4 is 5.91 Å². The van der Waals surface area contributed by atoms with Crippen molar-refractivity contribution in [2.45, 2.75) is 51.5 Å². The van der Waals surface area contributed by atoms with E-state index >= 15 is 0 Å². The highest BCUT2D eigenvalue weighted by Gasteiger charge is 2.30. The van der Waals surface area contributed by atoms with Gasteiger partial charge in [0, 0.05) is 24.6 Å². The molecule has 0 bridgehead atoms. The maximum absolute atomic E-state index is 12.9. The van der Waals surface area contributed by atoms with Crippen LogP contribution in [-0.2, 0) is 0 Å². The van der Waals surface area contributed by atoms with Crippen LogP contribution in [0.15, 0.2) is 28.9 Å². The molecule has 29 heavy (non-hydrogen) atoms. The molecule has 5 rings (SSSR count). The zero-order valence-electron chi connectivity index (χ0n) is 16.7. The third kappa shape index (κ3) is 3.66. The van der Waals surface area contributed by atoms with E-state index in [2.05, 4.69) is 26.5 Å². The van der Waals surface area contributed by atoms with Gasteiger partial charge in [0.2, 0.25) is 0 Å². The van der Waals surface area contributed by atoms with Crippen molar-refractivity contribution in [2.75, 3.05) is 13.1 Å². The summed E-state index contributed by atoms with van der Waals surface area (Å²) in [6.45, 7) is 5.46. The van der Waals surface area contributed by atoms with Gasteiger partial charge in [-0.1, -0.05) is 27.6 Å². The van der Waals surface area contributed by atoms with Crippen LogP contribution < -0.4 is 0 Å². The van der Waals surface area contributed by atoms with E-state index in [0.29, 0.717) is 30.6 Å². The van der Waals surface area contributed by atoms with Gasteiger partial charge in [-0.05, 0) is 51.7 Å². The van der Waals surface area contributed by atoms with E-state index in [-0.39, 0.29) is 11.9 Å². The number of likely N-dealkylation sites (tertiary alicyclic amines) is 1. The lowest BCUT2D eigenvalue weighted by molar-refractivity contribution is 0.0689. The third-order valence-corrected chi connectivity index (χ3v) is 5.71. The molecule has 2 fully saturated rings. The lowest BCUT2D eigenvalue weighted by Crippen LogP contribution is -2.39. The van der Waals surface area contributed by atoms with Crippen LogP contribution in [0.25, 0.3) is 11.6 Å². The minimum absolute atomic E-state index is 0.105. The van der Waals surface area contributed by atoms with Gasteiger partial charge in [0.1, 0.15) is 0 Å². The van der Waals surface area contributed by atoms with Gasteiger partial charge in [-0.25, -0.2) is 4.68 Å². The molecule has 0 atom stereocenters. The molecule has 0 spiro atoms. The molecule has 150 valence electrons. The first-order valence-electron chi connectivity index (χ1n) is 10.2. The number of carbonyl (C=O) groups excluding carboxylic acids is 1. The third-order valence-electron chi connectivity index (χ3n) is 5.71. The van der Waals surface area contributed by atoms with Crippen LogP contribution in [0.2, 0.25) is 0 Å². The van der Waals surface area contributed by atoms with Gasteiger partial charge in [-0.2, -0.15) is 4.98 Å². The number of piperidine rings is 1. The normalized spacial score (nSPS) is 17.7. The number of nitrogens with zero attached hydrogens (tertiary/aromatic N) is 6. The fourth-order valence-electron chi connectivity index (χ4n) is 4.01. The van der Waals surface area contributed by atoms with Crippen molar-refractivity contribution in [3.8, 4) is 11.6 Å². The Morgan fingerprint density at radius 2 is 1.79 bits per heavy atom. The lowest BCUT2D eigenvalue weighted by Gasteiger charge is -2.32. The Hall–Kier alpha value is -3.03. The number of amides is 1. The van der Waals surface area contributed by atoms with Gasteiger partial charge >= 0.3 is 0 Å². The molecule has 1 aromatic carbocycles. The molecular formula is C21H24N6O2. The van der Waals surface area contributed by atoms with Crippen LogP contribution in [-0.4, -0.2) is 49.0 Å². The maximum Gasteiger partial charge on any atom is 0.280 e. The molecule has 3 aromatic rings. The molecule has 1 saturated heterocycles. The molecule has 0 unspecified atom stereocenters. The molecule has 0 radical (unpaired) electrons. The maximum atomic E-state index is 12.9. The standard InChI is InChI=1S/C21H24N6O2/c1-13-9-14(2)11-16(10-13)21(28)26-7-5-17(6-8-26)27-12-18(23-25-27)20-22-19(24-29-20)15-3-4-15/h9-12,15,17H,3-8H2,1-2H3. The van der Waals surface area contributed by atoms with Crippen LogP contribution in [0.1, 0.15) is 65.0 Å². The van der Waals surface area contributed by atoms with Gasteiger partial charge in [-0.3, -0.25) is 4.79 Å². The van der Waals surface area contributed by atoms with Crippen molar-refractivity contribution in [2.24, 2.45) is 0 Å². The van der Waals surface area contributed by atoms with Crippen LogP contribution in [0, 0.1) is 13.8 Å². The average Bonchev–Trinajstić information content (AvgIpc) is 3.24.